The van der Waals surface area contributed by atoms with E-state index in [2.05, 4.69) is 0 Å². The molecule has 2 nitrogen and oxygen atoms in total. The summed E-state index contributed by atoms with van der Waals surface area (Å²) < 4.78 is 31.7. The van der Waals surface area contributed by atoms with Gasteiger partial charge in [-0.15, -0.1) is 0 Å². The molecule has 0 aromatic heterocycles. The summed E-state index contributed by atoms with van der Waals surface area (Å²) in [4.78, 5) is 0. The molecule has 1 N–H and O–H groups in total. The fourth-order valence-electron chi connectivity index (χ4n) is 1.55. The number of hydrogen-bond acceptors (Lipinski definition) is 2. The Bertz CT molecular complexity index is 588. The molecule has 0 aliphatic rings. The van der Waals surface area contributed by atoms with E-state index in [9.17, 15) is 8.78 Å². The number of benzene rings is 2. The Hall–Kier alpha value is -1.65. The Balaban J connectivity index is 2.10. The normalized spacial score (nSPS) is 10.5. The van der Waals surface area contributed by atoms with E-state index in [0.29, 0.717) is 11.1 Å². The van der Waals surface area contributed by atoms with Gasteiger partial charge < -0.3 is 9.84 Å². The van der Waals surface area contributed by atoms with E-state index in [1.807, 2.05) is 0 Å². The van der Waals surface area contributed by atoms with Gasteiger partial charge in [-0.3, -0.25) is 0 Å². The Kier molecular flexibility index (Phi) is 4.35. The van der Waals surface area contributed by atoms with Crippen LogP contribution in [0.5, 0.6) is 5.75 Å². The van der Waals surface area contributed by atoms with Crippen LogP contribution in [0.4, 0.5) is 8.78 Å². The summed E-state index contributed by atoms with van der Waals surface area (Å²) >= 11 is 5.84. The standard InChI is InChI=1S/C14H11ClF2O2/c15-12-6-11(16)3-2-10(12)8-19-14-4-1-9(7-18)5-13(14)17/h1-6,18H,7-8H2. The Morgan fingerprint density at radius 2 is 1.89 bits per heavy atom. The fraction of sp³-hybridized carbons (Fsp3) is 0.143. The third-order valence-electron chi connectivity index (χ3n) is 2.58. The van der Waals surface area contributed by atoms with Crippen LogP contribution in [-0.2, 0) is 13.2 Å². The predicted octanol–water partition coefficient (Wildman–Crippen LogP) is 3.69. The van der Waals surface area contributed by atoms with Gasteiger partial charge in [0.25, 0.3) is 0 Å². The van der Waals surface area contributed by atoms with Crippen LogP contribution in [0.25, 0.3) is 0 Å². The summed E-state index contributed by atoms with van der Waals surface area (Å²) in [5, 5.41) is 9.09. The van der Waals surface area contributed by atoms with E-state index >= 15 is 0 Å². The zero-order valence-corrected chi connectivity index (χ0v) is 10.6. The second-order valence-electron chi connectivity index (χ2n) is 3.95. The molecule has 2 rings (SSSR count). The monoisotopic (exact) mass is 284 g/mol. The predicted molar refractivity (Wildman–Crippen MR) is 68.1 cm³/mol. The summed E-state index contributed by atoms with van der Waals surface area (Å²) in [7, 11) is 0. The van der Waals surface area contributed by atoms with Gasteiger partial charge >= 0.3 is 0 Å². The molecule has 0 heterocycles. The van der Waals surface area contributed by atoms with Crippen molar-refractivity contribution in [2.45, 2.75) is 13.2 Å². The van der Waals surface area contributed by atoms with E-state index in [4.69, 9.17) is 21.4 Å². The van der Waals surface area contributed by atoms with Crippen molar-refractivity contribution < 1.29 is 18.6 Å². The smallest absolute Gasteiger partial charge is 0.165 e. The number of rotatable bonds is 4. The van der Waals surface area contributed by atoms with E-state index in [1.165, 1.54) is 30.3 Å². The SMILES string of the molecule is OCc1ccc(OCc2ccc(F)cc2Cl)c(F)c1. The van der Waals surface area contributed by atoms with Gasteiger partial charge in [-0.1, -0.05) is 23.7 Å². The lowest BCUT2D eigenvalue weighted by atomic mass is 10.2. The van der Waals surface area contributed by atoms with Gasteiger partial charge in [-0.05, 0) is 29.8 Å². The third kappa shape index (κ3) is 3.43. The van der Waals surface area contributed by atoms with Crippen LogP contribution in [0.15, 0.2) is 36.4 Å². The van der Waals surface area contributed by atoms with Crippen LogP contribution in [0, 0.1) is 11.6 Å². The van der Waals surface area contributed by atoms with Crippen molar-refractivity contribution in [2.24, 2.45) is 0 Å². The molecular weight excluding hydrogens is 274 g/mol. The minimum Gasteiger partial charge on any atom is -0.486 e. The largest absolute Gasteiger partial charge is 0.486 e. The molecule has 0 atom stereocenters. The highest BCUT2D eigenvalue weighted by Crippen LogP contribution is 2.22. The Morgan fingerprint density at radius 3 is 2.53 bits per heavy atom. The summed E-state index contributed by atoms with van der Waals surface area (Å²) in [6.07, 6.45) is 0. The minimum atomic E-state index is -0.565. The van der Waals surface area contributed by atoms with E-state index < -0.39 is 11.6 Å². The van der Waals surface area contributed by atoms with Crippen LogP contribution in [0.1, 0.15) is 11.1 Å². The quantitative estimate of drug-likeness (QED) is 0.928. The minimum absolute atomic E-state index is 0.0362. The highest BCUT2D eigenvalue weighted by atomic mass is 35.5. The molecule has 2 aromatic rings. The van der Waals surface area contributed by atoms with Gasteiger partial charge in [0.15, 0.2) is 11.6 Å². The first-order valence-electron chi connectivity index (χ1n) is 5.56. The molecule has 0 fully saturated rings. The second kappa shape index (κ2) is 5.99. The van der Waals surface area contributed by atoms with Crippen LogP contribution in [0.3, 0.4) is 0 Å². The maximum atomic E-state index is 13.6. The van der Waals surface area contributed by atoms with Crippen molar-refractivity contribution in [3.05, 3.63) is 64.2 Å². The average Bonchev–Trinajstić information content (AvgIpc) is 2.39. The maximum absolute atomic E-state index is 13.6. The number of ether oxygens (including phenoxy) is 1. The molecule has 19 heavy (non-hydrogen) atoms. The molecule has 0 spiro atoms. The molecule has 0 aliphatic carbocycles. The lowest BCUT2D eigenvalue weighted by Crippen LogP contribution is -1.99. The van der Waals surface area contributed by atoms with Crippen molar-refractivity contribution in [1.29, 1.82) is 0 Å². The van der Waals surface area contributed by atoms with E-state index in [0.717, 1.165) is 0 Å². The van der Waals surface area contributed by atoms with Gasteiger partial charge in [0.1, 0.15) is 12.4 Å². The first-order chi connectivity index (χ1) is 9.10. The zero-order valence-electron chi connectivity index (χ0n) is 9.87. The van der Waals surface area contributed by atoms with Crippen molar-refractivity contribution in [2.75, 3.05) is 0 Å². The Labute approximate surface area is 114 Å². The van der Waals surface area contributed by atoms with Gasteiger partial charge in [0, 0.05) is 5.56 Å². The van der Waals surface area contributed by atoms with E-state index in [-0.39, 0.29) is 24.0 Å². The first-order valence-corrected chi connectivity index (χ1v) is 5.94. The van der Waals surface area contributed by atoms with Crippen LogP contribution in [0.2, 0.25) is 5.02 Å². The van der Waals surface area contributed by atoms with Gasteiger partial charge in [-0.25, -0.2) is 8.78 Å². The fourth-order valence-corrected chi connectivity index (χ4v) is 1.78. The lowest BCUT2D eigenvalue weighted by molar-refractivity contribution is 0.276. The van der Waals surface area contributed by atoms with Crippen molar-refractivity contribution >= 4 is 11.6 Å². The summed E-state index contributed by atoms with van der Waals surface area (Å²) in [5.41, 5.74) is 1.03. The summed E-state index contributed by atoms with van der Waals surface area (Å²) in [6, 6.07) is 8.10. The van der Waals surface area contributed by atoms with E-state index in [1.54, 1.807) is 6.07 Å². The van der Waals surface area contributed by atoms with Crippen LogP contribution >= 0.6 is 11.6 Å². The molecule has 0 radical (unpaired) electrons. The number of aliphatic hydroxyl groups is 1. The molecule has 0 aliphatic heterocycles. The van der Waals surface area contributed by atoms with Gasteiger partial charge in [0.2, 0.25) is 0 Å². The van der Waals surface area contributed by atoms with Crippen molar-refractivity contribution in [3.63, 3.8) is 0 Å². The van der Waals surface area contributed by atoms with Gasteiger partial charge in [0.05, 0.1) is 11.6 Å². The van der Waals surface area contributed by atoms with Crippen molar-refractivity contribution in [1.82, 2.24) is 0 Å². The molecule has 0 saturated carbocycles. The lowest BCUT2D eigenvalue weighted by Gasteiger charge is -2.09. The topological polar surface area (TPSA) is 29.5 Å². The second-order valence-corrected chi connectivity index (χ2v) is 4.35. The molecule has 0 bridgehead atoms. The Morgan fingerprint density at radius 1 is 1.11 bits per heavy atom. The maximum Gasteiger partial charge on any atom is 0.165 e. The van der Waals surface area contributed by atoms with Crippen molar-refractivity contribution in [3.8, 4) is 5.75 Å². The number of hydrogen-bond donors (Lipinski definition) is 1. The zero-order chi connectivity index (χ0) is 13.8. The summed E-state index contributed by atoms with van der Waals surface area (Å²) in [6.45, 7) is -0.199. The van der Waals surface area contributed by atoms with Gasteiger partial charge in [-0.2, -0.15) is 0 Å². The third-order valence-corrected chi connectivity index (χ3v) is 2.93. The first kappa shape index (κ1) is 13.8. The molecule has 5 heteroatoms. The molecule has 2 aromatic carbocycles. The van der Waals surface area contributed by atoms with Crippen LogP contribution < -0.4 is 4.74 Å². The highest BCUT2D eigenvalue weighted by molar-refractivity contribution is 6.31. The number of aliphatic hydroxyl groups excluding tert-OH is 1. The molecular formula is C14H11ClF2O2. The number of halogens is 3. The summed E-state index contributed by atoms with van der Waals surface area (Å²) in [5.74, 6) is -0.949. The highest BCUT2D eigenvalue weighted by Gasteiger charge is 2.07. The molecule has 100 valence electrons. The molecule has 0 amide bonds. The average molecular weight is 285 g/mol. The molecule has 0 saturated heterocycles. The van der Waals surface area contributed by atoms with Crippen LogP contribution in [-0.4, -0.2) is 5.11 Å². The molecule has 0 unspecified atom stereocenters.